The first-order chi connectivity index (χ1) is 15.8. The number of nitrogens with zero attached hydrogens (tertiary/aromatic N) is 3. The third-order valence-electron chi connectivity index (χ3n) is 4.62. The summed E-state index contributed by atoms with van der Waals surface area (Å²) >= 11 is 4.87. The van der Waals surface area contributed by atoms with Crippen molar-refractivity contribution >= 4 is 70.4 Å². The Kier molecular flexibility index (Phi) is 12.2. The fourth-order valence-electron chi connectivity index (χ4n) is 3.22. The Morgan fingerprint density at radius 1 is 1.26 bits per heavy atom. The maximum Gasteiger partial charge on any atom is 1.00 e. The molecule has 174 valence electrons. The predicted molar refractivity (Wildman–Crippen MR) is 118 cm³/mol. The minimum Gasteiger partial charge on any atom is -0.549 e. The van der Waals surface area contributed by atoms with Crippen molar-refractivity contribution in [3.63, 3.8) is 0 Å². The van der Waals surface area contributed by atoms with Gasteiger partial charge in [-0.05, 0) is 17.0 Å². The molecule has 35 heavy (non-hydrogen) atoms. The number of hydrogen-bond donors (Lipinski definition) is 2. The Balaban J connectivity index is 0.00000216. The Morgan fingerprint density at radius 3 is 2.69 bits per heavy atom. The smallest absolute Gasteiger partial charge is 0.549 e. The molecule has 0 spiro atoms. The van der Waals surface area contributed by atoms with Gasteiger partial charge >= 0.3 is 59.1 Å². The van der Waals surface area contributed by atoms with E-state index in [4.69, 9.17) is 0 Å². The van der Waals surface area contributed by atoms with Crippen LogP contribution >= 0.6 is 46.6 Å². The van der Waals surface area contributed by atoms with E-state index in [1.165, 1.54) is 23.1 Å². The van der Waals surface area contributed by atoms with E-state index in [-0.39, 0.29) is 88.6 Å². The van der Waals surface area contributed by atoms with Gasteiger partial charge < -0.3 is 25.1 Å². The molecule has 2 amide bonds. The van der Waals surface area contributed by atoms with Gasteiger partial charge in [0.05, 0.1) is 24.1 Å². The van der Waals surface area contributed by atoms with Crippen LogP contribution in [-0.4, -0.2) is 72.5 Å². The number of thioether (sulfide) groups is 3. The zero-order valence-electron chi connectivity index (χ0n) is 18.6. The number of amides is 2. The molecule has 2 aliphatic heterocycles. The summed E-state index contributed by atoms with van der Waals surface area (Å²) in [6.07, 6.45) is 0.157. The molecule has 1 unspecified atom stereocenters. The average Bonchev–Trinajstić information content (AvgIpc) is 3.45. The zero-order valence-corrected chi connectivity index (χ0v) is 25.9. The minimum atomic E-state index is -1.46. The fourth-order valence-corrected chi connectivity index (χ4v) is 6.78. The van der Waals surface area contributed by atoms with Crippen molar-refractivity contribution in [3.05, 3.63) is 33.7 Å². The number of rotatable bonds is 10. The molecule has 2 atom stereocenters. The summed E-state index contributed by atoms with van der Waals surface area (Å²) < 4.78 is 0. The molecule has 1 saturated heterocycles. The summed E-state index contributed by atoms with van der Waals surface area (Å²) in [6, 6.07) is 2.87. The monoisotopic (exact) mass is 571 g/mol. The molecule has 4 rings (SSSR count). The number of β-lactam (4-membered cyclic amide) rings is 1. The van der Waals surface area contributed by atoms with E-state index in [2.05, 4.69) is 20.5 Å². The number of nitrogens with one attached hydrogen (secondary N) is 2. The summed E-state index contributed by atoms with van der Waals surface area (Å²) in [5.41, 5.74) is 0.286. The molecule has 0 saturated carbocycles. The van der Waals surface area contributed by atoms with Crippen molar-refractivity contribution in [2.75, 3.05) is 17.3 Å². The summed E-state index contributed by atoms with van der Waals surface area (Å²) in [7, 11) is 0. The average molecular weight is 572 g/mol. The second kappa shape index (κ2) is 13.9. The number of carboxylic acids is 2. The molecular weight excluding hydrogens is 556 g/mol. The molecule has 0 aliphatic carbocycles. The molecule has 17 heteroatoms. The fraction of sp³-hybridized carbons (Fsp3) is 0.333. The predicted octanol–water partition coefficient (Wildman–Crippen LogP) is -7.55. The number of aromatic amines is 1. The normalized spacial score (nSPS) is 18.6. The van der Waals surface area contributed by atoms with Gasteiger partial charge in [0.2, 0.25) is 11.1 Å². The Labute approximate surface area is 260 Å². The third-order valence-corrected chi connectivity index (χ3v) is 8.60. The molecular formula is C18H15N5Na2O6S4. The summed E-state index contributed by atoms with van der Waals surface area (Å²) in [6.45, 7) is 0. The number of hydrogen-bond acceptors (Lipinski definition) is 12. The van der Waals surface area contributed by atoms with Crippen LogP contribution in [0.3, 0.4) is 0 Å². The van der Waals surface area contributed by atoms with Gasteiger partial charge in [0.1, 0.15) is 11.4 Å². The topological polar surface area (TPSA) is 171 Å². The molecule has 2 aliphatic rings. The zero-order chi connectivity index (χ0) is 23.5. The van der Waals surface area contributed by atoms with Crippen molar-refractivity contribution in [2.24, 2.45) is 0 Å². The van der Waals surface area contributed by atoms with Gasteiger partial charge in [-0.3, -0.25) is 19.6 Å². The summed E-state index contributed by atoms with van der Waals surface area (Å²) in [5.74, 6) is -3.24. The first-order valence-corrected chi connectivity index (χ1v) is 13.3. The number of carboxylic acid groups (broad SMARTS) is 2. The van der Waals surface area contributed by atoms with Crippen LogP contribution in [0.1, 0.15) is 4.88 Å². The first-order valence-electron chi connectivity index (χ1n) is 9.41. The molecule has 2 aromatic heterocycles. The summed E-state index contributed by atoms with van der Waals surface area (Å²) in [5, 5.41) is 33.6. The van der Waals surface area contributed by atoms with Crippen LogP contribution in [0.4, 0.5) is 0 Å². The quantitative estimate of drug-likeness (QED) is 0.158. The van der Waals surface area contributed by atoms with Crippen molar-refractivity contribution in [3.8, 4) is 0 Å². The number of carbonyl (C=O) groups excluding carboxylic acids is 4. The van der Waals surface area contributed by atoms with E-state index < -0.39 is 29.3 Å². The number of aromatic nitrogens is 3. The van der Waals surface area contributed by atoms with Crippen LogP contribution in [0, 0.1) is 0 Å². The van der Waals surface area contributed by atoms with Crippen LogP contribution in [0.15, 0.2) is 39.1 Å². The molecule has 4 heterocycles. The van der Waals surface area contributed by atoms with Crippen molar-refractivity contribution < 1.29 is 88.5 Å². The standard InChI is InChI=1S/C18H17N5O6S4.2Na/c24-10(4-9-2-1-3-30-9)19-12-14(27)23-13(16(28)29)8(5-31-15(12)23)6-32-17-20-18(22-21-17)33-7-11(25)26;;/h1-3,12,15H,4-7H2,(H,19,24)(H,25,26)(H,28,29)(H,20,21,22);;/q;2*+1/p-2/t12?,15-;;/m1../s1. The van der Waals surface area contributed by atoms with Crippen LogP contribution in [-0.2, 0) is 25.6 Å². The number of aliphatic carboxylic acids is 2. The number of thiophene rings is 1. The summed E-state index contributed by atoms with van der Waals surface area (Å²) in [4.78, 5) is 53.5. The van der Waals surface area contributed by atoms with Gasteiger partial charge in [0, 0.05) is 22.1 Å². The van der Waals surface area contributed by atoms with Crippen molar-refractivity contribution in [1.29, 1.82) is 0 Å². The minimum absolute atomic E-state index is 0. The number of carbonyl (C=O) groups is 4. The molecule has 0 aromatic carbocycles. The third kappa shape index (κ3) is 7.52. The molecule has 1 fully saturated rings. The van der Waals surface area contributed by atoms with E-state index in [0.717, 1.165) is 33.3 Å². The second-order valence-corrected chi connectivity index (χ2v) is 10.9. The molecule has 0 radical (unpaired) electrons. The van der Waals surface area contributed by atoms with E-state index in [1.807, 2.05) is 17.5 Å². The number of fused-ring (bicyclic) bond motifs is 1. The van der Waals surface area contributed by atoms with Crippen LogP contribution < -0.4 is 74.6 Å². The Bertz CT molecular complexity index is 1130. The first kappa shape index (κ1) is 30.7. The maximum atomic E-state index is 12.7. The molecule has 2 N–H and O–H groups in total. The van der Waals surface area contributed by atoms with Crippen LogP contribution in [0.25, 0.3) is 0 Å². The van der Waals surface area contributed by atoms with E-state index >= 15 is 0 Å². The molecule has 11 nitrogen and oxygen atoms in total. The number of H-pyrrole nitrogens is 1. The van der Waals surface area contributed by atoms with Gasteiger partial charge in [-0.1, -0.05) is 29.6 Å². The van der Waals surface area contributed by atoms with Crippen LogP contribution in [0.5, 0.6) is 0 Å². The Hall–Kier alpha value is -0.490. The van der Waals surface area contributed by atoms with E-state index in [0.29, 0.717) is 21.6 Å². The van der Waals surface area contributed by atoms with Crippen LogP contribution in [0.2, 0.25) is 0 Å². The van der Waals surface area contributed by atoms with E-state index in [9.17, 15) is 29.4 Å². The van der Waals surface area contributed by atoms with Gasteiger partial charge in [-0.15, -0.1) is 28.2 Å². The SMILES string of the molecule is O=C([O-])CSc1nc(SCC2=C(C(=O)[O-])N3C(=O)C(NC(=O)Cc4cccs4)[C@H]3SC2)n[nH]1.[Na+].[Na+]. The van der Waals surface area contributed by atoms with Crippen molar-refractivity contribution in [1.82, 2.24) is 25.4 Å². The Morgan fingerprint density at radius 2 is 2.03 bits per heavy atom. The molecule has 2 aromatic rings. The van der Waals surface area contributed by atoms with Gasteiger partial charge in [-0.25, -0.2) is 0 Å². The second-order valence-electron chi connectivity index (χ2n) is 6.82. The molecule has 0 bridgehead atoms. The van der Waals surface area contributed by atoms with Gasteiger partial charge in [-0.2, -0.15) is 4.98 Å². The van der Waals surface area contributed by atoms with Crippen molar-refractivity contribution in [2.45, 2.75) is 28.1 Å². The van der Waals surface area contributed by atoms with E-state index in [1.54, 1.807) is 0 Å². The maximum absolute atomic E-state index is 12.7. The van der Waals surface area contributed by atoms with Gasteiger partial charge in [0.25, 0.3) is 5.91 Å². The largest absolute Gasteiger partial charge is 1.00 e. The van der Waals surface area contributed by atoms with Gasteiger partial charge in [0.15, 0.2) is 5.16 Å².